The molecule has 1 aromatic rings. The maximum atomic E-state index is 5.55. The Labute approximate surface area is 116 Å². The lowest BCUT2D eigenvalue weighted by Gasteiger charge is -2.36. The van der Waals surface area contributed by atoms with Gasteiger partial charge in [0.15, 0.2) is 0 Å². The minimum atomic E-state index is 0.348. The Morgan fingerprint density at radius 1 is 1.47 bits per heavy atom. The number of rotatable bonds is 5. The van der Waals surface area contributed by atoms with Crippen LogP contribution < -0.4 is 10.2 Å². The molecular formula is C15H25N3O. The number of nitrogens with zero attached hydrogens (tertiary/aromatic N) is 2. The van der Waals surface area contributed by atoms with Gasteiger partial charge in [-0.3, -0.25) is 4.98 Å². The number of morpholine rings is 1. The van der Waals surface area contributed by atoms with Crippen LogP contribution in [0.3, 0.4) is 0 Å². The molecule has 1 N–H and O–H groups in total. The predicted molar refractivity (Wildman–Crippen MR) is 78.6 cm³/mol. The molecule has 1 aliphatic rings. The van der Waals surface area contributed by atoms with Crippen molar-refractivity contribution in [2.75, 3.05) is 31.7 Å². The number of anilines is 1. The van der Waals surface area contributed by atoms with Crippen LogP contribution in [-0.4, -0.2) is 37.8 Å². The van der Waals surface area contributed by atoms with E-state index in [1.807, 2.05) is 13.2 Å². The molecule has 0 saturated carbocycles. The summed E-state index contributed by atoms with van der Waals surface area (Å²) in [5.41, 5.74) is 2.33. The first-order valence-corrected chi connectivity index (χ1v) is 7.27. The zero-order valence-electron chi connectivity index (χ0n) is 12.2. The van der Waals surface area contributed by atoms with Gasteiger partial charge in [-0.05, 0) is 32.0 Å². The molecule has 4 heteroatoms. The van der Waals surface area contributed by atoms with Gasteiger partial charge >= 0.3 is 0 Å². The van der Waals surface area contributed by atoms with E-state index in [0.29, 0.717) is 12.1 Å². The molecule has 2 rings (SSSR count). The van der Waals surface area contributed by atoms with Gasteiger partial charge in [0.05, 0.1) is 36.8 Å². The minimum absolute atomic E-state index is 0.348. The fourth-order valence-corrected chi connectivity index (χ4v) is 2.67. The van der Waals surface area contributed by atoms with Crippen LogP contribution in [0, 0.1) is 0 Å². The van der Waals surface area contributed by atoms with Gasteiger partial charge in [0.2, 0.25) is 0 Å². The van der Waals surface area contributed by atoms with Gasteiger partial charge in [0, 0.05) is 12.6 Å². The van der Waals surface area contributed by atoms with Crippen molar-refractivity contribution in [3.8, 4) is 0 Å². The van der Waals surface area contributed by atoms with Crippen molar-refractivity contribution in [3.05, 3.63) is 24.0 Å². The Hall–Kier alpha value is -1.13. The van der Waals surface area contributed by atoms with E-state index in [2.05, 4.69) is 41.2 Å². The molecule has 2 heterocycles. The maximum absolute atomic E-state index is 5.55. The highest BCUT2D eigenvalue weighted by Crippen LogP contribution is 2.22. The first-order chi connectivity index (χ1) is 9.30. The highest BCUT2D eigenvalue weighted by atomic mass is 16.5. The fourth-order valence-electron chi connectivity index (χ4n) is 2.67. The Bertz CT molecular complexity index is 375. The number of nitrogens with one attached hydrogen (secondary N) is 1. The smallest absolute Gasteiger partial charge is 0.0670 e. The monoisotopic (exact) mass is 263 g/mol. The highest BCUT2D eigenvalue weighted by molar-refractivity contribution is 5.46. The lowest BCUT2D eigenvalue weighted by molar-refractivity contribution is 0.0929. The molecular weight excluding hydrogens is 238 g/mol. The third-order valence-electron chi connectivity index (χ3n) is 3.91. The lowest BCUT2D eigenvalue weighted by atomic mass is 10.1. The van der Waals surface area contributed by atoms with Gasteiger partial charge in [-0.25, -0.2) is 0 Å². The van der Waals surface area contributed by atoms with E-state index in [4.69, 9.17) is 4.74 Å². The summed E-state index contributed by atoms with van der Waals surface area (Å²) in [5.74, 6) is 0. The summed E-state index contributed by atoms with van der Waals surface area (Å²) in [7, 11) is 1.98. The number of hydrogen-bond donors (Lipinski definition) is 1. The molecule has 1 saturated heterocycles. The van der Waals surface area contributed by atoms with E-state index >= 15 is 0 Å². The Kier molecular flexibility index (Phi) is 5.16. The molecule has 0 aromatic carbocycles. The molecule has 1 fully saturated rings. The van der Waals surface area contributed by atoms with Crippen LogP contribution >= 0.6 is 0 Å². The van der Waals surface area contributed by atoms with E-state index in [0.717, 1.165) is 38.3 Å². The van der Waals surface area contributed by atoms with Crippen LogP contribution in [0.5, 0.6) is 0 Å². The quantitative estimate of drug-likeness (QED) is 0.885. The lowest BCUT2D eigenvalue weighted by Crippen LogP contribution is -2.45. The molecule has 1 aromatic heterocycles. The topological polar surface area (TPSA) is 37.4 Å². The third-order valence-corrected chi connectivity index (χ3v) is 3.91. The Morgan fingerprint density at radius 2 is 2.32 bits per heavy atom. The van der Waals surface area contributed by atoms with Gasteiger partial charge in [0.1, 0.15) is 0 Å². The molecule has 2 atom stereocenters. The van der Waals surface area contributed by atoms with Crippen molar-refractivity contribution in [2.45, 2.75) is 38.8 Å². The van der Waals surface area contributed by atoms with E-state index in [1.165, 1.54) is 5.69 Å². The van der Waals surface area contributed by atoms with Crippen molar-refractivity contribution in [1.82, 2.24) is 10.3 Å². The van der Waals surface area contributed by atoms with E-state index < -0.39 is 0 Å². The summed E-state index contributed by atoms with van der Waals surface area (Å²) >= 11 is 0. The molecule has 19 heavy (non-hydrogen) atoms. The van der Waals surface area contributed by atoms with Crippen LogP contribution in [0.1, 0.15) is 38.4 Å². The van der Waals surface area contributed by atoms with Crippen LogP contribution in [-0.2, 0) is 4.74 Å². The highest BCUT2D eigenvalue weighted by Gasteiger charge is 2.22. The second-order valence-electron chi connectivity index (χ2n) is 5.02. The maximum Gasteiger partial charge on any atom is 0.0670 e. The van der Waals surface area contributed by atoms with Gasteiger partial charge in [-0.15, -0.1) is 0 Å². The van der Waals surface area contributed by atoms with Crippen LogP contribution in [0.4, 0.5) is 5.69 Å². The van der Waals surface area contributed by atoms with Crippen molar-refractivity contribution in [2.24, 2.45) is 0 Å². The van der Waals surface area contributed by atoms with Crippen molar-refractivity contribution < 1.29 is 4.74 Å². The summed E-state index contributed by atoms with van der Waals surface area (Å²) in [6.07, 6.45) is 4.16. The van der Waals surface area contributed by atoms with Crippen LogP contribution in [0.2, 0.25) is 0 Å². The fraction of sp³-hybridized carbons (Fsp3) is 0.667. The average molecular weight is 263 g/mol. The molecule has 0 bridgehead atoms. The first kappa shape index (κ1) is 14.3. The second-order valence-corrected chi connectivity index (χ2v) is 5.02. The van der Waals surface area contributed by atoms with Crippen LogP contribution in [0.25, 0.3) is 0 Å². The SMILES string of the molecule is CCC(NC)c1ccc(N2CCOCC2CC)cn1. The zero-order chi connectivity index (χ0) is 13.7. The molecule has 4 nitrogen and oxygen atoms in total. The molecule has 0 aliphatic carbocycles. The van der Waals surface area contributed by atoms with Gasteiger partial charge in [-0.2, -0.15) is 0 Å². The van der Waals surface area contributed by atoms with E-state index in [9.17, 15) is 0 Å². The Morgan fingerprint density at radius 3 is 2.89 bits per heavy atom. The summed E-state index contributed by atoms with van der Waals surface area (Å²) < 4.78 is 5.55. The van der Waals surface area contributed by atoms with E-state index in [-0.39, 0.29) is 0 Å². The summed E-state index contributed by atoms with van der Waals surface area (Å²) in [6, 6.07) is 5.16. The Balaban J connectivity index is 2.12. The second kappa shape index (κ2) is 6.87. The van der Waals surface area contributed by atoms with Gasteiger partial charge < -0.3 is 15.0 Å². The zero-order valence-corrected chi connectivity index (χ0v) is 12.2. The van der Waals surface area contributed by atoms with Crippen molar-refractivity contribution in [3.63, 3.8) is 0 Å². The standard InChI is InChI=1S/C15H25N3O/c1-4-12-11-19-9-8-18(12)13-6-7-15(17-10-13)14(5-2)16-3/h6-7,10,12,14,16H,4-5,8-9,11H2,1-3H3. The number of hydrogen-bond acceptors (Lipinski definition) is 4. The van der Waals surface area contributed by atoms with Gasteiger partial charge in [-0.1, -0.05) is 13.8 Å². The number of aromatic nitrogens is 1. The summed E-state index contributed by atoms with van der Waals surface area (Å²) in [6.45, 7) is 6.98. The first-order valence-electron chi connectivity index (χ1n) is 7.27. The normalized spacial score (nSPS) is 21.4. The third kappa shape index (κ3) is 3.25. The molecule has 1 aliphatic heterocycles. The van der Waals surface area contributed by atoms with E-state index in [1.54, 1.807) is 0 Å². The minimum Gasteiger partial charge on any atom is -0.377 e. The van der Waals surface area contributed by atoms with Crippen molar-refractivity contribution >= 4 is 5.69 Å². The molecule has 2 unspecified atom stereocenters. The molecule has 106 valence electrons. The van der Waals surface area contributed by atoms with Gasteiger partial charge in [0.25, 0.3) is 0 Å². The molecule has 0 spiro atoms. The van der Waals surface area contributed by atoms with Crippen molar-refractivity contribution in [1.29, 1.82) is 0 Å². The number of pyridine rings is 1. The largest absolute Gasteiger partial charge is 0.377 e. The summed E-state index contributed by atoms with van der Waals surface area (Å²) in [5, 5.41) is 3.29. The average Bonchev–Trinajstić information content (AvgIpc) is 2.49. The van der Waals surface area contributed by atoms with Crippen LogP contribution in [0.15, 0.2) is 18.3 Å². The summed E-state index contributed by atoms with van der Waals surface area (Å²) in [4.78, 5) is 7.04. The molecule has 0 amide bonds. The predicted octanol–water partition coefficient (Wildman–Crippen LogP) is 2.37. The number of ether oxygens (including phenoxy) is 1. The molecule has 0 radical (unpaired) electrons.